The number of rotatable bonds is 1. The first-order chi connectivity index (χ1) is 6.77. The molecule has 0 bridgehead atoms. The fourth-order valence-corrected chi connectivity index (χ4v) is 1.73. The quantitative estimate of drug-likeness (QED) is 0.690. The van der Waals surface area contributed by atoms with Gasteiger partial charge in [-0.05, 0) is 18.9 Å². The molecule has 1 aromatic rings. The molecule has 1 N–H and O–H groups in total. The van der Waals surface area contributed by atoms with Crippen molar-refractivity contribution in [2.24, 2.45) is 0 Å². The molecule has 0 radical (unpaired) electrons. The first-order valence-corrected chi connectivity index (χ1v) is 4.83. The number of hydrogen-bond donors (Lipinski definition) is 1. The minimum absolute atomic E-state index is 0.0163. The van der Waals surface area contributed by atoms with Gasteiger partial charge in [-0.15, -0.1) is 0 Å². The summed E-state index contributed by atoms with van der Waals surface area (Å²) in [6, 6.07) is 7.32. The van der Waals surface area contributed by atoms with E-state index in [1.165, 1.54) is 5.57 Å². The van der Waals surface area contributed by atoms with Crippen molar-refractivity contribution in [3.8, 4) is 5.75 Å². The molecule has 14 heavy (non-hydrogen) atoms. The van der Waals surface area contributed by atoms with Gasteiger partial charge in [0.15, 0.2) is 0 Å². The first-order valence-electron chi connectivity index (χ1n) is 4.83. The second-order valence-corrected chi connectivity index (χ2v) is 3.62. The SMILES string of the molecule is C=C1CCOC(c2ccccc2O)C1. The number of hydrogen-bond acceptors (Lipinski definition) is 2. The molecule has 1 unspecified atom stereocenters. The van der Waals surface area contributed by atoms with Gasteiger partial charge in [0.1, 0.15) is 5.75 Å². The summed E-state index contributed by atoms with van der Waals surface area (Å²) in [5, 5.41) is 9.64. The van der Waals surface area contributed by atoms with Crippen LogP contribution in [0.15, 0.2) is 36.4 Å². The highest BCUT2D eigenvalue weighted by atomic mass is 16.5. The van der Waals surface area contributed by atoms with Crippen LogP contribution in [0.4, 0.5) is 0 Å². The topological polar surface area (TPSA) is 29.5 Å². The van der Waals surface area contributed by atoms with Crippen LogP contribution < -0.4 is 0 Å². The maximum absolute atomic E-state index is 9.64. The Labute approximate surface area is 83.8 Å². The van der Waals surface area contributed by atoms with Gasteiger partial charge in [0.05, 0.1) is 12.7 Å². The Morgan fingerprint density at radius 1 is 1.36 bits per heavy atom. The molecule has 0 amide bonds. The summed E-state index contributed by atoms with van der Waals surface area (Å²) in [6.07, 6.45) is 1.74. The van der Waals surface area contributed by atoms with E-state index in [1.54, 1.807) is 6.07 Å². The normalized spacial score (nSPS) is 22.3. The number of benzene rings is 1. The van der Waals surface area contributed by atoms with Gasteiger partial charge >= 0.3 is 0 Å². The van der Waals surface area contributed by atoms with E-state index in [0.29, 0.717) is 12.4 Å². The molecule has 2 nitrogen and oxygen atoms in total. The van der Waals surface area contributed by atoms with E-state index >= 15 is 0 Å². The maximum atomic E-state index is 9.64. The fourth-order valence-electron chi connectivity index (χ4n) is 1.73. The molecule has 0 spiro atoms. The average molecular weight is 190 g/mol. The Hall–Kier alpha value is -1.28. The largest absolute Gasteiger partial charge is 0.508 e. The van der Waals surface area contributed by atoms with Crippen LogP contribution in [-0.2, 0) is 4.74 Å². The van der Waals surface area contributed by atoms with Crippen molar-refractivity contribution in [2.45, 2.75) is 18.9 Å². The van der Waals surface area contributed by atoms with Gasteiger partial charge in [0.25, 0.3) is 0 Å². The second kappa shape index (κ2) is 3.84. The number of phenolic OH excluding ortho intramolecular Hbond substituents is 1. The van der Waals surface area contributed by atoms with Gasteiger partial charge in [0, 0.05) is 5.56 Å². The molecule has 1 heterocycles. The Morgan fingerprint density at radius 2 is 2.14 bits per heavy atom. The van der Waals surface area contributed by atoms with Crippen molar-refractivity contribution >= 4 is 0 Å². The standard InChI is InChI=1S/C12H14O2/c1-9-6-7-14-12(8-9)10-4-2-3-5-11(10)13/h2-5,12-13H,1,6-8H2. The molecule has 0 aromatic heterocycles. The maximum Gasteiger partial charge on any atom is 0.121 e. The summed E-state index contributed by atoms with van der Waals surface area (Å²) in [5.41, 5.74) is 2.07. The highest BCUT2D eigenvalue weighted by Crippen LogP contribution is 2.34. The van der Waals surface area contributed by atoms with Crippen molar-refractivity contribution in [1.29, 1.82) is 0 Å². The Balaban J connectivity index is 2.22. The van der Waals surface area contributed by atoms with E-state index in [-0.39, 0.29) is 6.10 Å². The molecule has 2 heteroatoms. The molecular formula is C12H14O2. The van der Waals surface area contributed by atoms with Crippen LogP contribution in [0, 0.1) is 0 Å². The minimum atomic E-state index is -0.0163. The fraction of sp³-hybridized carbons (Fsp3) is 0.333. The van der Waals surface area contributed by atoms with Crippen LogP contribution in [0.1, 0.15) is 24.5 Å². The van der Waals surface area contributed by atoms with Gasteiger partial charge < -0.3 is 9.84 Å². The lowest BCUT2D eigenvalue weighted by molar-refractivity contribution is 0.0338. The number of para-hydroxylation sites is 1. The van der Waals surface area contributed by atoms with E-state index in [0.717, 1.165) is 18.4 Å². The van der Waals surface area contributed by atoms with Crippen LogP contribution in [0.3, 0.4) is 0 Å². The summed E-state index contributed by atoms with van der Waals surface area (Å²) in [6.45, 7) is 4.66. The zero-order chi connectivity index (χ0) is 9.97. The Morgan fingerprint density at radius 3 is 2.86 bits per heavy atom. The van der Waals surface area contributed by atoms with Crippen molar-refractivity contribution in [2.75, 3.05) is 6.61 Å². The highest BCUT2D eigenvalue weighted by molar-refractivity contribution is 5.34. The predicted octanol–water partition coefficient (Wildman–Crippen LogP) is 2.80. The van der Waals surface area contributed by atoms with Gasteiger partial charge in [-0.2, -0.15) is 0 Å². The monoisotopic (exact) mass is 190 g/mol. The molecule has 1 aromatic carbocycles. The summed E-state index contributed by atoms with van der Waals surface area (Å²) < 4.78 is 5.59. The molecule has 1 saturated heterocycles. The molecule has 0 saturated carbocycles. The lowest BCUT2D eigenvalue weighted by Gasteiger charge is -2.25. The smallest absolute Gasteiger partial charge is 0.121 e. The third-order valence-corrected chi connectivity index (χ3v) is 2.53. The molecule has 0 aliphatic carbocycles. The Kier molecular flexibility index (Phi) is 2.55. The van der Waals surface area contributed by atoms with Crippen molar-refractivity contribution < 1.29 is 9.84 Å². The first kappa shape index (κ1) is 9.28. The summed E-state index contributed by atoms with van der Waals surface area (Å²) in [5.74, 6) is 0.312. The van der Waals surface area contributed by atoms with Crippen LogP contribution in [0.25, 0.3) is 0 Å². The van der Waals surface area contributed by atoms with Crippen LogP contribution in [0.2, 0.25) is 0 Å². The molecule has 1 atom stereocenters. The number of phenols is 1. The minimum Gasteiger partial charge on any atom is -0.508 e. The van der Waals surface area contributed by atoms with Crippen molar-refractivity contribution in [1.82, 2.24) is 0 Å². The van der Waals surface area contributed by atoms with E-state index in [2.05, 4.69) is 6.58 Å². The van der Waals surface area contributed by atoms with Gasteiger partial charge in [-0.25, -0.2) is 0 Å². The third kappa shape index (κ3) is 1.80. The second-order valence-electron chi connectivity index (χ2n) is 3.62. The molecule has 1 aliphatic heterocycles. The highest BCUT2D eigenvalue weighted by Gasteiger charge is 2.20. The average Bonchev–Trinajstić information content (AvgIpc) is 2.18. The summed E-state index contributed by atoms with van der Waals surface area (Å²) in [7, 11) is 0. The molecule has 2 rings (SSSR count). The molecule has 74 valence electrons. The van der Waals surface area contributed by atoms with Crippen LogP contribution >= 0.6 is 0 Å². The van der Waals surface area contributed by atoms with Crippen LogP contribution in [0.5, 0.6) is 5.75 Å². The van der Waals surface area contributed by atoms with Crippen molar-refractivity contribution in [3.05, 3.63) is 42.0 Å². The van der Waals surface area contributed by atoms with Gasteiger partial charge in [0.2, 0.25) is 0 Å². The lowest BCUT2D eigenvalue weighted by Crippen LogP contribution is -2.13. The van der Waals surface area contributed by atoms with Gasteiger partial charge in [-0.3, -0.25) is 0 Å². The lowest BCUT2D eigenvalue weighted by atomic mass is 9.97. The number of ether oxygens (including phenoxy) is 1. The molecule has 1 aliphatic rings. The summed E-state index contributed by atoms with van der Waals surface area (Å²) >= 11 is 0. The van der Waals surface area contributed by atoms with E-state index < -0.39 is 0 Å². The molecule has 1 fully saturated rings. The van der Waals surface area contributed by atoms with Crippen LogP contribution in [-0.4, -0.2) is 11.7 Å². The van der Waals surface area contributed by atoms with E-state index in [1.807, 2.05) is 18.2 Å². The zero-order valence-corrected chi connectivity index (χ0v) is 8.07. The number of aromatic hydroxyl groups is 1. The van der Waals surface area contributed by atoms with Crippen molar-refractivity contribution in [3.63, 3.8) is 0 Å². The third-order valence-electron chi connectivity index (χ3n) is 2.53. The zero-order valence-electron chi connectivity index (χ0n) is 8.07. The molecular weight excluding hydrogens is 176 g/mol. The Bertz CT molecular complexity index is 344. The van der Waals surface area contributed by atoms with E-state index in [9.17, 15) is 5.11 Å². The predicted molar refractivity (Wildman–Crippen MR) is 55.2 cm³/mol. The summed E-state index contributed by atoms with van der Waals surface area (Å²) in [4.78, 5) is 0. The van der Waals surface area contributed by atoms with Gasteiger partial charge in [-0.1, -0.05) is 30.4 Å². The van der Waals surface area contributed by atoms with E-state index in [4.69, 9.17) is 4.74 Å².